The quantitative estimate of drug-likeness (QED) is 0.777. The highest BCUT2D eigenvalue weighted by atomic mass is 16.5. The standard InChI is InChI=1S/C15H22N2O3/c16-12-4-3-6-14(10-12)20-11-15(18)17-8-7-13-5-1-2-9-19-13/h3-4,6,10,13H,1-2,5,7-9,11,16H2,(H,17,18). The van der Waals surface area contributed by atoms with Gasteiger partial charge in [-0.25, -0.2) is 0 Å². The Morgan fingerprint density at radius 2 is 2.35 bits per heavy atom. The smallest absolute Gasteiger partial charge is 0.257 e. The molecule has 0 aromatic heterocycles. The fraction of sp³-hybridized carbons (Fsp3) is 0.533. The van der Waals surface area contributed by atoms with Gasteiger partial charge in [0.25, 0.3) is 5.91 Å². The molecule has 5 heteroatoms. The molecule has 1 atom stereocenters. The molecule has 1 aliphatic heterocycles. The summed E-state index contributed by atoms with van der Waals surface area (Å²) in [5.74, 6) is 0.485. The number of benzene rings is 1. The molecule has 110 valence electrons. The van der Waals surface area contributed by atoms with Crippen LogP contribution in [0.3, 0.4) is 0 Å². The maximum atomic E-state index is 11.6. The lowest BCUT2D eigenvalue weighted by atomic mass is 10.1. The summed E-state index contributed by atoms with van der Waals surface area (Å²) in [5.41, 5.74) is 6.26. The zero-order valence-electron chi connectivity index (χ0n) is 11.6. The van der Waals surface area contributed by atoms with Gasteiger partial charge in [-0.1, -0.05) is 6.07 Å². The van der Waals surface area contributed by atoms with Gasteiger partial charge in [-0.05, 0) is 37.8 Å². The summed E-state index contributed by atoms with van der Waals surface area (Å²) in [7, 11) is 0. The van der Waals surface area contributed by atoms with Crippen molar-refractivity contribution >= 4 is 11.6 Å². The fourth-order valence-electron chi connectivity index (χ4n) is 2.21. The molecule has 0 saturated carbocycles. The van der Waals surface area contributed by atoms with Crippen LogP contribution in [0.15, 0.2) is 24.3 Å². The normalized spacial score (nSPS) is 18.5. The molecule has 0 radical (unpaired) electrons. The van der Waals surface area contributed by atoms with E-state index in [0.29, 0.717) is 24.1 Å². The molecular weight excluding hydrogens is 256 g/mol. The van der Waals surface area contributed by atoms with E-state index in [1.165, 1.54) is 6.42 Å². The van der Waals surface area contributed by atoms with Gasteiger partial charge in [0.05, 0.1) is 6.10 Å². The minimum atomic E-state index is -0.122. The zero-order valence-corrected chi connectivity index (χ0v) is 11.6. The number of amides is 1. The Bertz CT molecular complexity index is 431. The molecule has 1 heterocycles. The molecule has 1 unspecified atom stereocenters. The highest BCUT2D eigenvalue weighted by Gasteiger charge is 2.13. The number of nitrogens with one attached hydrogen (secondary N) is 1. The molecule has 5 nitrogen and oxygen atoms in total. The van der Waals surface area contributed by atoms with E-state index >= 15 is 0 Å². The van der Waals surface area contributed by atoms with Gasteiger partial charge in [0.2, 0.25) is 0 Å². The number of nitrogen functional groups attached to an aromatic ring is 1. The summed E-state index contributed by atoms with van der Waals surface area (Å²) in [6.07, 6.45) is 4.62. The van der Waals surface area contributed by atoms with Crippen LogP contribution in [0.4, 0.5) is 5.69 Å². The minimum Gasteiger partial charge on any atom is -0.484 e. The second-order valence-electron chi connectivity index (χ2n) is 4.99. The predicted octanol–water partition coefficient (Wildman–Crippen LogP) is 1.72. The van der Waals surface area contributed by atoms with Crippen LogP contribution in [0.5, 0.6) is 5.75 Å². The lowest BCUT2D eigenvalue weighted by molar-refractivity contribution is -0.123. The van der Waals surface area contributed by atoms with Crippen molar-refractivity contribution in [1.29, 1.82) is 0 Å². The third kappa shape index (κ3) is 5.09. The van der Waals surface area contributed by atoms with E-state index in [9.17, 15) is 4.79 Å². The molecule has 1 fully saturated rings. The van der Waals surface area contributed by atoms with Crippen molar-refractivity contribution in [2.45, 2.75) is 31.8 Å². The molecule has 20 heavy (non-hydrogen) atoms. The van der Waals surface area contributed by atoms with E-state index in [0.717, 1.165) is 25.9 Å². The monoisotopic (exact) mass is 278 g/mol. The molecule has 2 rings (SSSR count). The Labute approximate surface area is 119 Å². The number of carbonyl (C=O) groups excluding carboxylic acids is 1. The number of ether oxygens (including phenoxy) is 2. The zero-order chi connectivity index (χ0) is 14.2. The third-order valence-corrected chi connectivity index (χ3v) is 3.29. The summed E-state index contributed by atoms with van der Waals surface area (Å²) in [5, 5.41) is 2.84. The van der Waals surface area contributed by atoms with Gasteiger partial charge < -0.3 is 20.5 Å². The highest BCUT2D eigenvalue weighted by Crippen LogP contribution is 2.15. The summed E-state index contributed by atoms with van der Waals surface area (Å²) in [4.78, 5) is 11.6. The van der Waals surface area contributed by atoms with Crippen molar-refractivity contribution in [3.8, 4) is 5.75 Å². The van der Waals surface area contributed by atoms with Crippen LogP contribution in [-0.2, 0) is 9.53 Å². The lowest BCUT2D eigenvalue weighted by Crippen LogP contribution is -2.32. The largest absolute Gasteiger partial charge is 0.484 e. The summed E-state index contributed by atoms with van der Waals surface area (Å²) in [6.45, 7) is 1.48. The summed E-state index contributed by atoms with van der Waals surface area (Å²) < 4.78 is 11.0. The molecule has 0 bridgehead atoms. The van der Waals surface area contributed by atoms with E-state index in [-0.39, 0.29) is 12.5 Å². The molecule has 3 N–H and O–H groups in total. The average Bonchev–Trinajstić information content (AvgIpc) is 2.46. The number of carbonyl (C=O) groups is 1. The van der Waals surface area contributed by atoms with Crippen LogP contribution in [0.2, 0.25) is 0 Å². The Morgan fingerprint density at radius 1 is 1.45 bits per heavy atom. The predicted molar refractivity (Wildman–Crippen MR) is 77.6 cm³/mol. The number of anilines is 1. The molecule has 1 aromatic rings. The molecular formula is C15H22N2O3. The second kappa shape index (κ2) is 7.75. The molecule has 1 aromatic carbocycles. The van der Waals surface area contributed by atoms with E-state index in [1.807, 2.05) is 0 Å². The van der Waals surface area contributed by atoms with E-state index in [2.05, 4.69) is 5.32 Å². The van der Waals surface area contributed by atoms with Crippen molar-refractivity contribution in [2.24, 2.45) is 0 Å². The van der Waals surface area contributed by atoms with Crippen molar-refractivity contribution in [3.05, 3.63) is 24.3 Å². The van der Waals surface area contributed by atoms with Crippen LogP contribution in [0.25, 0.3) is 0 Å². The maximum absolute atomic E-state index is 11.6. The van der Waals surface area contributed by atoms with Crippen molar-refractivity contribution in [1.82, 2.24) is 5.32 Å². The first-order chi connectivity index (χ1) is 9.74. The Kier molecular flexibility index (Phi) is 5.68. The Balaban J connectivity index is 1.60. The maximum Gasteiger partial charge on any atom is 0.257 e. The third-order valence-electron chi connectivity index (χ3n) is 3.29. The average molecular weight is 278 g/mol. The molecule has 1 amide bonds. The summed E-state index contributed by atoms with van der Waals surface area (Å²) >= 11 is 0. The topological polar surface area (TPSA) is 73.6 Å². The van der Waals surface area contributed by atoms with Crippen molar-refractivity contribution in [2.75, 3.05) is 25.5 Å². The van der Waals surface area contributed by atoms with Crippen LogP contribution in [0.1, 0.15) is 25.7 Å². The van der Waals surface area contributed by atoms with Gasteiger partial charge in [0, 0.05) is 24.9 Å². The molecule has 1 aliphatic rings. The number of rotatable bonds is 6. The number of hydrogen-bond donors (Lipinski definition) is 2. The van der Waals surface area contributed by atoms with E-state index < -0.39 is 0 Å². The number of nitrogens with two attached hydrogens (primary N) is 1. The lowest BCUT2D eigenvalue weighted by Gasteiger charge is -2.22. The van der Waals surface area contributed by atoms with E-state index in [1.54, 1.807) is 24.3 Å². The second-order valence-corrected chi connectivity index (χ2v) is 4.99. The minimum absolute atomic E-state index is 0.00891. The van der Waals surface area contributed by atoms with Crippen LogP contribution < -0.4 is 15.8 Å². The fourth-order valence-corrected chi connectivity index (χ4v) is 2.21. The van der Waals surface area contributed by atoms with Gasteiger partial charge in [-0.3, -0.25) is 4.79 Å². The van der Waals surface area contributed by atoms with Crippen molar-refractivity contribution in [3.63, 3.8) is 0 Å². The SMILES string of the molecule is Nc1cccc(OCC(=O)NCCC2CCCCO2)c1. The van der Waals surface area contributed by atoms with E-state index in [4.69, 9.17) is 15.2 Å². The van der Waals surface area contributed by atoms with Gasteiger partial charge in [0.15, 0.2) is 6.61 Å². The Morgan fingerprint density at radius 3 is 3.10 bits per heavy atom. The first-order valence-electron chi connectivity index (χ1n) is 7.10. The first kappa shape index (κ1) is 14.7. The number of hydrogen-bond acceptors (Lipinski definition) is 4. The van der Waals surface area contributed by atoms with Gasteiger partial charge in [0.1, 0.15) is 5.75 Å². The van der Waals surface area contributed by atoms with Crippen LogP contribution in [-0.4, -0.2) is 31.8 Å². The van der Waals surface area contributed by atoms with Gasteiger partial charge >= 0.3 is 0 Å². The van der Waals surface area contributed by atoms with Crippen LogP contribution >= 0.6 is 0 Å². The Hall–Kier alpha value is -1.75. The summed E-state index contributed by atoms with van der Waals surface area (Å²) in [6, 6.07) is 7.04. The van der Waals surface area contributed by atoms with Crippen LogP contribution in [0, 0.1) is 0 Å². The molecule has 0 aliphatic carbocycles. The highest BCUT2D eigenvalue weighted by molar-refractivity contribution is 5.77. The van der Waals surface area contributed by atoms with Crippen molar-refractivity contribution < 1.29 is 14.3 Å². The van der Waals surface area contributed by atoms with Gasteiger partial charge in [-0.2, -0.15) is 0 Å². The first-order valence-corrected chi connectivity index (χ1v) is 7.10. The molecule has 1 saturated heterocycles. The molecule has 0 spiro atoms. The van der Waals surface area contributed by atoms with Gasteiger partial charge in [-0.15, -0.1) is 0 Å².